The number of ether oxygens (including phenoxy) is 1. The molecule has 1 unspecified atom stereocenters. The van der Waals surface area contributed by atoms with E-state index in [1.807, 2.05) is 37.0 Å². The van der Waals surface area contributed by atoms with E-state index in [1.54, 1.807) is 0 Å². The van der Waals surface area contributed by atoms with E-state index in [0.29, 0.717) is 12.0 Å². The molecule has 0 aliphatic carbocycles. The first-order valence-corrected chi connectivity index (χ1v) is 10.8. The van der Waals surface area contributed by atoms with Crippen LogP contribution >= 0.6 is 11.3 Å². The molecular formula is C21H32N2O4S. The second kappa shape index (κ2) is 9.57. The number of carbonyl (C=O) groups excluding carboxylic acids is 3. The lowest BCUT2D eigenvalue weighted by atomic mass is 9.88. The van der Waals surface area contributed by atoms with E-state index in [1.165, 1.54) is 35.5 Å². The third-order valence-corrected chi connectivity index (χ3v) is 6.79. The number of piperidine rings is 1. The Kier molecular flexibility index (Phi) is 7.67. The quantitative estimate of drug-likeness (QED) is 0.726. The Morgan fingerprint density at radius 1 is 1.14 bits per heavy atom. The topological polar surface area (TPSA) is 66.9 Å². The van der Waals surface area contributed by atoms with Crippen LogP contribution in [0.15, 0.2) is 5.38 Å². The van der Waals surface area contributed by atoms with Crippen LogP contribution in [0.3, 0.4) is 0 Å². The molecule has 2 aliphatic rings. The summed E-state index contributed by atoms with van der Waals surface area (Å²) in [5, 5.41) is 3.75. The molecule has 0 bridgehead atoms. The molecule has 3 rings (SSSR count). The predicted octanol–water partition coefficient (Wildman–Crippen LogP) is 4.40. The van der Waals surface area contributed by atoms with Gasteiger partial charge in [-0.15, -0.1) is 11.3 Å². The van der Waals surface area contributed by atoms with Crippen LogP contribution in [0.1, 0.15) is 57.6 Å². The maximum Gasteiger partial charge on any atom is 0.410 e. The molecule has 2 fully saturated rings. The van der Waals surface area contributed by atoms with E-state index < -0.39 is 5.60 Å². The van der Waals surface area contributed by atoms with Gasteiger partial charge in [0.05, 0.1) is 5.00 Å². The maximum atomic E-state index is 12.3. The highest BCUT2D eigenvalue weighted by Gasteiger charge is 2.36. The highest BCUT2D eigenvalue weighted by Crippen LogP contribution is 2.39. The lowest BCUT2D eigenvalue weighted by molar-refractivity contribution is -0.191. The number of hydrogen-bond donors (Lipinski definition) is 0. The third kappa shape index (κ3) is 5.58. The number of carbonyl (C=O) groups is 1. The SMILES string of the molecule is Cc1csc(N2CCCC2C2CCN(C(=O)OC(C)(C)C)CC2)c1C.O=C=O. The van der Waals surface area contributed by atoms with Crippen molar-refractivity contribution < 1.29 is 19.1 Å². The summed E-state index contributed by atoms with van der Waals surface area (Å²) in [7, 11) is 0. The van der Waals surface area contributed by atoms with Crippen LogP contribution in [0.4, 0.5) is 9.80 Å². The normalized spacial score (nSPS) is 20.4. The summed E-state index contributed by atoms with van der Waals surface area (Å²) in [5.74, 6) is 0.683. The molecule has 0 spiro atoms. The van der Waals surface area contributed by atoms with E-state index >= 15 is 0 Å². The average Bonchev–Trinajstić information content (AvgIpc) is 3.22. The summed E-state index contributed by atoms with van der Waals surface area (Å²) in [6.07, 6.45) is 4.84. The Morgan fingerprint density at radius 2 is 1.75 bits per heavy atom. The smallest absolute Gasteiger partial charge is 0.410 e. The first-order valence-electron chi connectivity index (χ1n) is 9.96. The average molecular weight is 409 g/mol. The van der Waals surface area contributed by atoms with Crippen LogP contribution in [-0.4, -0.2) is 48.4 Å². The number of likely N-dealkylation sites (tertiary alicyclic amines) is 1. The molecule has 28 heavy (non-hydrogen) atoms. The van der Waals surface area contributed by atoms with Crippen LogP contribution in [0.2, 0.25) is 0 Å². The molecule has 0 N–H and O–H groups in total. The molecule has 2 saturated heterocycles. The van der Waals surface area contributed by atoms with Gasteiger partial charge in [-0.05, 0) is 82.7 Å². The molecule has 0 saturated carbocycles. The Labute approximate surface area is 171 Å². The number of rotatable bonds is 2. The van der Waals surface area contributed by atoms with E-state index in [0.717, 1.165) is 25.9 Å². The second-order valence-electron chi connectivity index (χ2n) is 8.64. The highest BCUT2D eigenvalue weighted by atomic mass is 32.1. The first kappa shape index (κ1) is 22.4. The first-order chi connectivity index (χ1) is 13.2. The summed E-state index contributed by atoms with van der Waals surface area (Å²) in [6.45, 7) is 13.1. The Hall–Kier alpha value is -1.85. The summed E-state index contributed by atoms with van der Waals surface area (Å²) in [5.41, 5.74) is 2.44. The number of thiophene rings is 1. The zero-order valence-corrected chi connectivity index (χ0v) is 18.4. The number of amides is 1. The van der Waals surface area contributed by atoms with E-state index in [4.69, 9.17) is 14.3 Å². The van der Waals surface area contributed by atoms with Gasteiger partial charge in [0.15, 0.2) is 0 Å². The minimum absolute atomic E-state index is 0.154. The van der Waals surface area contributed by atoms with Crippen LogP contribution in [0.5, 0.6) is 0 Å². The van der Waals surface area contributed by atoms with E-state index in [-0.39, 0.29) is 12.2 Å². The summed E-state index contributed by atoms with van der Waals surface area (Å²) < 4.78 is 5.53. The molecule has 1 aromatic rings. The fourth-order valence-corrected chi connectivity index (χ4v) is 5.27. The van der Waals surface area contributed by atoms with Crippen LogP contribution in [0.25, 0.3) is 0 Å². The number of aryl methyl sites for hydroxylation is 1. The van der Waals surface area contributed by atoms with Crippen LogP contribution in [-0.2, 0) is 14.3 Å². The van der Waals surface area contributed by atoms with Crippen molar-refractivity contribution >= 4 is 28.6 Å². The van der Waals surface area contributed by atoms with Crippen molar-refractivity contribution in [2.75, 3.05) is 24.5 Å². The van der Waals surface area contributed by atoms with Gasteiger partial charge in [0.2, 0.25) is 0 Å². The molecule has 0 aromatic carbocycles. The van der Waals surface area contributed by atoms with Crippen molar-refractivity contribution in [2.45, 2.75) is 71.9 Å². The Balaban J connectivity index is 0.000000878. The Bertz CT molecular complexity index is 696. The minimum Gasteiger partial charge on any atom is -0.444 e. The zero-order chi connectivity index (χ0) is 20.9. The summed E-state index contributed by atoms with van der Waals surface area (Å²) >= 11 is 1.89. The number of hydrogen-bond acceptors (Lipinski definition) is 6. The lowest BCUT2D eigenvalue weighted by Gasteiger charge is -2.39. The summed E-state index contributed by atoms with van der Waals surface area (Å²) in [6, 6.07) is 0.637. The fraction of sp³-hybridized carbons (Fsp3) is 0.714. The maximum absolute atomic E-state index is 12.3. The van der Waals surface area contributed by atoms with Gasteiger partial charge in [0.25, 0.3) is 0 Å². The Morgan fingerprint density at radius 3 is 2.25 bits per heavy atom. The van der Waals surface area contributed by atoms with Crippen molar-refractivity contribution in [1.29, 1.82) is 0 Å². The van der Waals surface area contributed by atoms with Crippen molar-refractivity contribution in [3.8, 4) is 0 Å². The monoisotopic (exact) mass is 408 g/mol. The molecule has 2 aliphatic heterocycles. The lowest BCUT2D eigenvalue weighted by Crippen LogP contribution is -2.46. The molecule has 0 radical (unpaired) electrons. The zero-order valence-electron chi connectivity index (χ0n) is 17.6. The van der Waals surface area contributed by atoms with Crippen LogP contribution < -0.4 is 4.90 Å². The fourth-order valence-electron chi connectivity index (χ4n) is 4.10. The van der Waals surface area contributed by atoms with Crippen molar-refractivity contribution in [2.24, 2.45) is 5.92 Å². The largest absolute Gasteiger partial charge is 0.444 e. The molecule has 1 amide bonds. The minimum atomic E-state index is -0.412. The van der Waals surface area contributed by atoms with Gasteiger partial charge >= 0.3 is 12.2 Å². The van der Waals surface area contributed by atoms with Crippen molar-refractivity contribution in [1.82, 2.24) is 4.90 Å². The molecule has 7 heteroatoms. The molecule has 156 valence electrons. The molecule has 3 heterocycles. The van der Waals surface area contributed by atoms with Crippen LogP contribution in [0, 0.1) is 19.8 Å². The van der Waals surface area contributed by atoms with Gasteiger partial charge in [-0.2, -0.15) is 9.59 Å². The summed E-state index contributed by atoms with van der Waals surface area (Å²) in [4.78, 5) is 33.1. The predicted molar refractivity (Wildman–Crippen MR) is 110 cm³/mol. The van der Waals surface area contributed by atoms with Gasteiger partial charge in [0.1, 0.15) is 5.60 Å². The standard InChI is InChI=1S/C20H32N2O2S.CO2/c1-14-13-25-18(15(14)2)22-10-6-7-17(22)16-8-11-21(12-9-16)19(23)24-20(3,4)5;2-1-3/h13,16-17H,6-12H2,1-5H3;. The van der Waals surface area contributed by atoms with Crippen molar-refractivity contribution in [3.63, 3.8) is 0 Å². The molecule has 6 nitrogen and oxygen atoms in total. The van der Waals surface area contributed by atoms with Gasteiger partial charge in [0, 0.05) is 25.7 Å². The van der Waals surface area contributed by atoms with Gasteiger partial charge in [-0.3, -0.25) is 0 Å². The third-order valence-electron chi connectivity index (χ3n) is 5.56. The number of nitrogens with zero attached hydrogens (tertiary/aromatic N) is 2. The van der Waals surface area contributed by atoms with E-state index in [9.17, 15) is 4.79 Å². The van der Waals surface area contributed by atoms with Gasteiger partial charge < -0.3 is 14.5 Å². The second-order valence-corrected chi connectivity index (χ2v) is 9.50. The highest BCUT2D eigenvalue weighted by molar-refractivity contribution is 7.14. The number of anilines is 1. The molecule has 1 aromatic heterocycles. The van der Waals surface area contributed by atoms with Crippen molar-refractivity contribution in [3.05, 3.63) is 16.5 Å². The molecule has 1 atom stereocenters. The molecular weight excluding hydrogens is 376 g/mol. The van der Waals surface area contributed by atoms with Gasteiger partial charge in [-0.1, -0.05) is 0 Å². The van der Waals surface area contributed by atoms with Gasteiger partial charge in [-0.25, -0.2) is 4.79 Å². The van der Waals surface area contributed by atoms with E-state index in [2.05, 4.69) is 24.1 Å².